The SMILES string of the molecule is CC(C)(CN)Nc1cc2c(cc1[N+](=O)[O-])NC(=O)CC2. The third-order valence-electron chi connectivity index (χ3n) is 3.30. The van der Waals surface area contributed by atoms with Crippen molar-refractivity contribution in [2.24, 2.45) is 5.73 Å². The summed E-state index contributed by atoms with van der Waals surface area (Å²) in [6.07, 6.45) is 0.974. The van der Waals surface area contributed by atoms with Gasteiger partial charge in [0.1, 0.15) is 5.69 Å². The van der Waals surface area contributed by atoms with E-state index in [0.29, 0.717) is 30.8 Å². The van der Waals surface area contributed by atoms with Crippen LogP contribution in [0.4, 0.5) is 17.1 Å². The van der Waals surface area contributed by atoms with Crippen molar-refractivity contribution in [1.82, 2.24) is 0 Å². The third kappa shape index (κ3) is 2.88. The van der Waals surface area contributed by atoms with Crippen LogP contribution in [0.5, 0.6) is 0 Å². The first-order chi connectivity index (χ1) is 9.32. The minimum Gasteiger partial charge on any atom is -0.373 e. The highest BCUT2D eigenvalue weighted by atomic mass is 16.6. The van der Waals surface area contributed by atoms with E-state index in [2.05, 4.69) is 10.6 Å². The Morgan fingerprint density at radius 2 is 2.15 bits per heavy atom. The number of nitrogens with one attached hydrogen (secondary N) is 2. The Morgan fingerprint density at radius 3 is 2.75 bits per heavy atom. The van der Waals surface area contributed by atoms with Crippen molar-refractivity contribution in [3.05, 3.63) is 27.8 Å². The molecule has 7 heteroatoms. The number of hydrogen-bond donors (Lipinski definition) is 3. The van der Waals surface area contributed by atoms with Crippen LogP contribution >= 0.6 is 0 Å². The molecule has 1 heterocycles. The Morgan fingerprint density at radius 1 is 1.45 bits per heavy atom. The van der Waals surface area contributed by atoms with E-state index in [4.69, 9.17) is 5.73 Å². The molecule has 1 aliphatic rings. The van der Waals surface area contributed by atoms with Crippen molar-refractivity contribution < 1.29 is 9.72 Å². The van der Waals surface area contributed by atoms with Crippen molar-refractivity contribution >= 4 is 23.0 Å². The number of benzene rings is 1. The summed E-state index contributed by atoms with van der Waals surface area (Å²) in [6, 6.07) is 3.13. The first-order valence-corrected chi connectivity index (χ1v) is 6.42. The van der Waals surface area contributed by atoms with Gasteiger partial charge in [0.15, 0.2) is 0 Å². The number of aryl methyl sites for hydroxylation is 1. The highest BCUT2D eigenvalue weighted by molar-refractivity contribution is 5.95. The van der Waals surface area contributed by atoms with Crippen molar-refractivity contribution in [3.63, 3.8) is 0 Å². The van der Waals surface area contributed by atoms with Crippen LogP contribution in [0, 0.1) is 10.1 Å². The van der Waals surface area contributed by atoms with Gasteiger partial charge in [0.2, 0.25) is 5.91 Å². The second-order valence-electron chi connectivity index (χ2n) is 5.54. The number of nitrogens with two attached hydrogens (primary N) is 1. The zero-order valence-corrected chi connectivity index (χ0v) is 11.5. The van der Waals surface area contributed by atoms with Gasteiger partial charge < -0.3 is 16.4 Å². The number of anilines is 2. The van der Waals surface area contributed by atoms with Crippen LogP contribution < -0.4 is 16.4 Å². The fourth-order valence-electron chi connectivity index (χ4n) is 2.08. The molecule has 0 bridgehead atoms. The molecule has 0 aliphatic carbocycles. The van der Waals surface area contributed by atoms with Gasteiger partial charge in [-0.25, -0.2) is 0 Å². The summed E-state index contributed by atoms with van der Waals surface area (Å²) in [7, 11) is 0. The molecule has 0 fully saturated rings. The predicted molar refractivity (Wildman–Crippen MR) is 76.8 cm³/mol. The van der Waals surface area contributed by atoms with E-state index in [1.807, 2.05) is 13.8 Å². The maximum atomic E-state index is 11.4. The zero-order chi connectivity index (χ0) is 14.9. The van der Waals surface area contributed by atoms with E-state index in [-0.39, 0.29) is 11.6 Å². The first kappa shape index (κ1) is 14.3. The summed E-state index contributed by atoms with van der Waals surface area (Å²) in [5.74, 6) is -0.116. The molecule has 1 aromatic rings. The maximum absolute atomic E-state index is 11.4. The molecule has 0 atom stereocenters. The Bertz CT molecular complexity index is 569. The van der Waals surface area contributed by atoms with Crippen molar-refractivity contribution in [2.45, 2.75) is 32.2 Å². The molecule has 0 saturated carbocycles. The highest BCUT2D eigenvalue weighted by Gasteiger charge is 2.25. The quantitative estimate of drug-likeness (QED) is 0.572. The first-order valence-electron chi connectivity index (χ1n) is 6.42. The van der Waals surface area contributed by atoms with Gasteiger partial charge in [-0.1, -0.05) is 0 Å². The molecule has 20 heavy (non-hydrogen) atoms. The molecule has 7 nitrogen and oxygen atoms in total. The van der Waals surface area contributed by atoms with Gasteiger partial charge in [0, 0.05) is 24.6 Å². The van der Waals surface area contributed by atoms with Crippen LogP contribution in [0.25, 0.3) is 0 Å². The normalized spacial score (nSPS) is 14.4. The van der Waals surface area contributed by atoms with Crippen molar-refractivity contribution in [2.75, 3.05) is 17.2 Å². The van der Waals surface area contributed by atoms with Gasteiger partial charge >= 0.3 is 0 Å². The fourth-order valence-corrected chi connectivity index (χ4v) is 2.08. The number of nitro groups is 1. The smallest absolute Gasteiger partial charge is 0.294 e. The van der Waals surface area contributed by atoms with Crippen LogP contribution in [-0.2, 0) is 11.2 Å². The monoisotopic (exact) mass is 278 g/mol. The van der Waals surface area contributed by atoms with Crippen LogP contribution in [0.15, 0.2) is 12.1 Å². The van der Waals surface area contributed by atoms with E-state index >= 15 is 0 Å². The summed E-state index contributed by atoms with van der Waals surface area (Å²) in [5, 5.41) is 16.9. The number of carbonyl (C=O) groups excluding carboxylic acids is 1. The molecule has 0 aromatic heterocycles. The number of carbonyl (C=O) groups is 1. The molecule has 1 amide bonds. The van der Waals surface area contributed by atoms with Crippen LogP contribution in [0.1, 0.15) is 25.8 Å². The molecule has 2 rings (SSSR count). The number of hydrogen-bond acceptors (Lipinski definition) is 5. The number of amides is 1. The minimum atomic E-state index is -0.462. The number of nitro benzene ring substituents is 1. The topological polar surface area (TPSA) is 110 Å². The van der Waals surface area contributed by atoms with Crippen LogP contribution in [-0.4, -0.2) is 22.9 Å². The molecule has 0 spiro atoms. The third-order valence-corrected chi connectivity index (χ3v) is 3.30. The highest BCUT2D eigenvalue weighted by Crippen LogP contribution is 2.35. The van der Waals surface area contributed by atoms with Crippen molar-refractivity contribution in [1.29, 1.82) is 0 Å². The lowest BCUT2D eigenvalue weighted by molar-refractivity contribution is -0.383. The van der Waals surface area contributed by atoms with Gasteiger partial charge in [0.25, 0.3) is 5.69 Å². The predicted octanol–water partition coefficient (Wildman–Crippen LogP) is 1.63. The molecule has 1 aliphatic heterocycles. The van der Waals surface area contributed by atoms with E-state index in [1.165, 1.54) is 6.07 Å². The molecule has 0 saturated heterocycles. The minimum absolute atomic E-state index is 0.0625. The van der Waals surface area contributed by atoms with Crippen molar-refractivity contribution in [3.8, 4) is 0 Å². The Hall–Kier alpha value is -2.15. The molecule has 0 unspecified atom stereocenters. The zero-order valence-electron chi connectivity index (χ0n) is 11.5. The molecular weight excluding hydrogens is 260 g/mol. The van der Waals surface area contributed by atoms with Gasteiger partial charge in [-0.05, 0) is 31.9 Å². The molecule has 0 radical (unpaired) electrons. The Balaban J connectivity index is 2.45. The van der Waals surface area contributed by atoms with Crippen LogP contribution in [0.3, 0.4) is 0 Å². The molecule has 108 valence electrons. The second kappa shape index (κ2) is 5.09. The second-order valence-corrected chi connectivity index (χ2v) is 5.54. The Labute approximate surface area is 116 Å². The molecular formula is C13H18N4O3. The number of fused-ring (bicyclic) bond motifs is 1. The largest absolute Gasteiger partial charge is 0.373 e. The van der Waals surface area contributed by atoms with Gasteiger partial charge in [0.05, 0.1) is 10.6 Å². The fraction of sp³-hybridized carbons (Fsp3) is 0.462. The molecule has 4 N–H and O–H groups in total. The summed E-state index contributed by atoms with van der Waals surface area (Å²) < 4.78 is 0. The lowest BCUT2D eigenvalue weighted by Crippen LogP contribution is -2.39. The lowest BCUT2D eigenvalue weighted by Gasteiger charge is -2.26. The van der Waals surface area contributed by atoms with Crippen LogP contribution in [0.2, 0.25) is 0 Å². The standard InChI is InChI=1S/C13H18N4O3/c1-13(2,7-14)16-10-5-8-3-4-12(18)15-9(8)6-11(10)17(19)20/h5-6,16H,3-4,7,14H2,1-2H3,(H,15,18). The maximum Gasteiger partial charge on any atom is 0.294 e. The molecule has 1 aromatic carbocycles. The summed E-state index contributed by atoms with van der Waals surface area (Å²) in [6.45, 7) is 4.09. The van der Waals surface area contributed by atoms with E-state index in [1.54, 1.807) is 6.07 Å². The average molecular weight is 278 g/mol. The number of rotatable bonds is 4. The van der Waals surface area contributed by atoms with Gasteiger partial charge in [-0.2, -0.15) is 0 Å². The number of nitrogens with zero attached hydrogens (tertiary/aromatic N) is 1. The van der Waals surface area contributed by atoms with Gasteiger partial charge in [-0.15, -0.1) is 0 Å². The van der Waals surface area contributed by atoms with E-state index in [0.717, 1.165) is 5.56 Å². The average Bonchev–Trinajstić information content (AvgIpc) is 2.37. The summed E-state index contributed by atoms with van der Waals surface area (Å²) >= 11 is 0. The van der Waals surface area contributed by atoms with E-state index in [9.17, 15) is 14.9 Å². The summed E-state index contributed by atoms with van der Waals surface area (Å²) in [5.41, 5.74) is 6.98. The Kier molecular flexibility index (Phi) is 3.63. The summed E-state index contributed by atoms with van der Waals surface area (Å²) in [4.78, 5) is 22.1. The van der Waals surface area contributed by atoms with Gasteiger partial charge in [-0.3, -0.25) is 14.9 Å². The lowest BCUT2D eigenvalue weighted by atomic mass is 9.99. The van der Waals surface area contributed by atoms with E-state index < -0.39 is 10.5 Å².